The Labute approximate surface area is 167 Å². The molecule has 0 atom stereocenters. The zero-order chi connectivity index (χ0) is 20.1. The van der Waals surface area contributed by atoms with Crippen LogP contribution in [0.1, 0.15) is 50.2 Å². The maximum atomic E-state index is 6.68. The van der Waals surface area contributed by atoms with Crippen molar-refractivity contribution in [1.82, 2.24) is 10.4 Å². The maximum absolute atomic E-state index is 6.68. The molecule has 3 N–H and O–H groups in total. The second-order valence-electron chi connectivity index (χ2n) is 7.42. The van der Waals surface area contributed by atoms with Crippen LogP contribution in [0.3, 0.4) is 0 Å². The monoisotopic (exact) mass is 378 g/mol. The van der Waals surface area contributed by atoms with Crippen LogP contribution in [0.25, 0.3) is 5.57 Å². The third-order valence-electron chi connectivity index (χ3n) is 5.53. The summed E-state index contributed by atoms with van der Waals surface area (Å²) in [4.78, 5) is 8.96. The number of nitrogens with zero attached hydrogens (tertiary/aromatic N) is 4. The molecule has 0 radical (unpaired) electrons. The van der Waals surface area contributed by atoms with E-state index in [1.807, 2.05) is 13.1 Å². The Morgan fingerprint density at radius 2 is 1.89 bits per heavy atom. The molecule has 1 fully saturated rings. The molecule has 0 aromatic heterocycles. The molecule has 6 nitrogen and oxygen atoms in total. The summed E-state index contributed by atoms with van der Waals surface area (Å²) in [6.07, 6.45) is 8.03. The second-order valence-corrected chi connectivity index (χ2v) is 7.42. The molecule has 0 unspecified atom stereocenters. The average molecular weight is 379 g/mol. The quantitative estimate of drug-likeness (QED) is 0.360. The minimum absolute atomic E-state index is 0.428. The summed E-state index contributed by atoms with van der Waals surface area (Å²) in [7, 11) is 1.71. The smallest absolute Gasteiger partial charge is 0.153 e. The molecule has 28 heavy (non-hydrogen) atoms. The Balaban J connectivity index is 2.09. The van der Waals surface area contributed by atoms with Crippen LogP contribution in [-0.4, -0.2) is 30.8 Å². The summed E-state index contributed by atoms with van der Waals surface area (Å²) in [6, 6.07) is 8.56. The molecule has 0 saturated heterocycles. The van der Waals surface area contributed by atoms with Gasteiger partial charge in [-0.25, -0.2) is 10.8 Å². The predicted octanol–water partition coefficient (Wildman–Crippen LogP) is 4.01. The van der Waals surface area contributed by atoms with Gasteiger partial charge in [0.25, 0.3) is 0 Å². The number of nitrogens with one attached hydrogen (secondary N) is 1. The molecule has 1 heterocycles. The lowest BCUT2D eigenvalue weighted by atomic mass is 9.83. The molecule has 0 amide bonds. The van der Waals surface area contributed by atoms with Gasteiger partial charge in [-0.2, -0.15) is 5.10 Å². The largest absolute Gasteiger partial charge is 0.270 e. The number of nitrogens with two attached hydrogens (primary N) is 1. The van der Waals surface area contributed by atoms with E-state index in [9.17, 15) is 0 Å². The van der Waals surface area contributed by atoms with Crippen LogP contribution in [-0.2, 0) is 0 Å². The van der Waals surface area contributed by atoms with E-state index in [-0.39, 0.29) is 0 Å². The van der Waals surface area contributed by atoms with Crippen molar-refractivity contribution in [2.45, 2.75) is 46.0 Å². The van der Waals surface area contributed by atoms with Crippen LogP contribution in [0.5, 0.6) is 0 Å². The van der Waals surface area contributed by atoms with Gasteiger partial charge in [-0.3, -0.25) is 15.4 Å². The van der Waals surface area contributed by atoms with E-state index in [0.29, 0.717) is 17.6 Å². The zero-order valence-corrected chi connectivity index (χ0v) is 17.1. The van der Waals surface area contributed by atoms with Crippen molar-refractivity contribution in [2.24, 2.45) is 26.8 Å². The number of amidine groups is 1. The van der Waals surface area contributed by atoms with Gasteiger partial charge < -0.3 is 0 Å². The molecule has 1 aliphatic carbocycles. The van der Waals surface area contributed by atoms with E-state index in [2.05, 4.69) is 53.4 Å². The molecule has 0 bridgehead atoms. The molecule has 3 rings (SSSR count). The lowest BCUT2D eigenvalue weighted by Crippen LogP contribution is -2.38. The van der Waals surface area contributed by atoms with E-state index in [0.717, 1.165) is 35.2 Å². The second kappa shape index (κ2) is 8.97. The minimum Gasteiger partial charge on any atom is -0.270 e. The number of benzene rings is 1. The third-order valence-corrected chi connectivity index (χ3v) is 5.53. The fourth-order valence-corrected chi connectivity index (χ4v) is 4.01. The summed E-state index contributed by atoms with van der Waals surface area (Å²) in [6.45, 7) is 7.53. The SMILES string of the molecule is C=NNC(=NC)/C(C)=C1\N=CC(c2ccc(C)cc2)=C(C2CCCCC2)N1N. The predicted molar refractivity (Wildman–Crippen MR) is 118 cm³/mol. The van der Waals surface area contributed by atoms with Crippen molar-refractivity contribution in [2.75, 3.05) is 7.05 Å². The topological polar surface area (TPSA) is 78.4 Å². The number of hydrogen-bond donors (Lipinski definition) is 2. The third kappa shape index (κ3) is 4.07. The summed E-state index contributed by atoms with van der Waals surface area (Å²) < 4.78 is 0. The Morgan fingerprint density at radius 1 is 1.21 bits per heavy atom. The first-order chi connectivity index (χ1) is 13.6. The van der Waals surface area contributed by atoms with Crippen LogP contribution in [0, 0.1) is 12.8 Å². The first-order valence-corrected chi connectivity index (χ1v) is 9.86. The van der Waals surface area contributed by atoms with Gasteiger partial charge in [0.1, 0.15) is 5.84 Å². The molecule has 6 heteroatoms. The summed E-state index contributed by atoms with van der Waals surface area (Å²) in [5, 5.41) is 5.50. The van der Waals surface area contributed by atoms with Crippen molar-refractivity contribution in [1.29, 1.82) is 0 Å². The fraction of sp³-hybridized carbons (Fsp3) is 0.409. The van der Waals surface area contributed by atoms with E-state index >= 15 is 0 Å². The summed E-state index contributed by atoms with van der Waals surface area (Å²) >= 11 is 0. The summed E-state index contributed by atoms with van der Waals surface area (Å²) in [5.41, 5.74) is 8.31. The molecule has 0 spiro atoms. The molecule has 1 aromatic rings. The minimum atomic E-state index is 0.428. The Hall–Kier alpha value is -2.73. The highest BCUT2D eigenvalue weighted by molar-refractivity contribution is 6.12. The number of hydrogen-bond acceptors (Lipinski definition) is 5. The summed E-state index contributed by atoms with van der Waals surface area (Å²) in [5.74, 6) is 8.40. The number of hydrazine groups is 1. The lowest BCUT2D eigenvalue weighted by molar-refractivity contribution is 0.311. The van der Waals surface area contributed by atoms with Gasteiger partial charge in [-0.15, -0.1) is 0 Å². The highest BCUT2D eigenvalue weighted by Gasteiger charge is 2.30. The fourth-order valence-electron chi connectivity index (χ4n) is 4.01. The van der Waals surface area contributed by atoms with Crippen molar-refractivity contribution in [3.8, 4) is 0 Å². The van der Waals surface area contributed by atoms with Gasteiger partial charge in [0.15, 0.2) is 5.82 Å². The zero-order valence-electron chi connectivity index (χ0n) is 17.1. The van der Waals surface area contributed by atoms with Gasteiger partial charge in [-0.05, 0) is 32.3 Å². The molecule has 1 saturated carbocycles. The van der Waals surface area contributed by atoms with Crippen LogP contribution in [0.2, 0.25) is 0 Å². The highest BCUT2D eigenvalue weighted by atomic mass is 15.5. The van der Waals surface area contributed by atoms with Crippen LogP contribution >= 0.6 is 0 Å². The molecular weight excluding hydrogens is 348 g/mol. The van der Waals surface area contributed by atoms with Crippen LogP contribution < -0.4 is 11.3 Å². The Kier molecular flexibility index (Phi) is 6.41. The van der Waals surface area contributed by atoms with Crippen molar-refractivity contribution in [3.63, 3.8) is 0 Å². The highest BCUT2D eigenvalue weighted by Crippen LogP contribution is 2.38. The first kappa shape index (κ1) is 20.0. The number of aryl methyl sites for hydroxylation is 1. The maximum Gasteiger partial charge on any atom is 0.153 e. The van der Waals surface area contributed by atoms with E-state index in [4.69, 9.17) is 10.8 Å². The van der Waals surface area contributed by atoms with Crippen molar-refractivity contribution >= 4 is 24.3 Å². The average Bonchev–Trinajstić information content (AvgIpc) is 2.72. The number of allylic oxidation sites excluding steroid dienone is 2. The standard InChI is InChI=1S/C22H30N6/c1-15-10-12-17(13-11-15)19-14-26-22(16(2)21(24-3)27-25-4)28(23)20(19)18-8-6-5-7-9-18/h10-14,18H,4-9,23H2,1-3H3,(H,24,27)/b22-16+. The van der Waals surface area contributed by atoms with Crippen LogP contribution in [0.4, 0.5) is 0 Å². The van der Waals surface area contributed by atoms with Crippen molar-refractivity contribution in [3.05, 3.63) is 52.5 Å². The van der Waals surface area contributed by atoms with E-state index in [1.165, 1.54) is 24.8 Å². The first-order valence-electron chi connectivity index (χ1n) is 9.86. The van der Waals surface area contributed by atoms with Crippen molar-refractivity contribution < 1.29 is 0 Å². The molecule has 1 aliphatic heterocycles. The number of hydrazone groups is 1. The van der Waals surface area contributed by atoms with Gasteiger partial charge >= 0.3 is 0 Å². The lowest BCUT2D eigenvalue weighted by Gasteiger charge is -2.35. The van der Waals surface area contributed by atoms with Gasteiger partial charge in [0.2, 0.25) is 0 Å². The molecule has 2 aliphatic rings. The number of aliphatic imine (C=N–C) groups is 2. The van der Waals surface area contributed by atoms with E-state index < -0.39 is 0 Å². The van der Waals surface area contributed by atoms with Gasteiger partial charge in [0.05, 0.1) is 0 Å². The molecule has 148 valence electrons. The Bertz CT molecular complexity index is 838. The van der Waals surface area contributed by atoms with Crippen LogP contribution in [0.15, 0.2) is 56.4 Å². The normalized spacial score (nSPS) is 20.4. The van der Waals surface area contributed by atoms with E-state index in [1.54, 1.807) is 12.1 Å². The Morgan fingerprint density at radius 3 is 2.50 bits per heavy atom. The number of rotatable bonds is 4. The van der Waals surface area contributed by atoms with Gasteiger partial charge in [0, 0.05) is 42.7 Å². The molecule has 1 aromatic carbocycles. The van der Waals surface area contributed by atoms with Gasteiger partial charge in [-0.1, -0.05) is 49.1 Å². The molecular formula is C22H30N6.